The monoisotopic (exact) mass is 154 g/mol. The molecule has 1 heterocycles. The second kappa shape index (κ2) is 3.11. The van der Waals surface area contributed by atoms with Gasteiger partial charge in [-0.1, -0.05) is 6.42 Å². The maximum absolute atomic E-state index is 3.70. The zero-order chi connectivity index (χ0) is 7.68. The fourth-order valence-corrected chi connectivity index (χ4v) is 1.98. The van der Waals surface area contributed by atoms with Gasteiger partial charge in [-0.15, -0.1) is 0 Å². The molecule has 2 heteroatoms. The van der Waals surface area contributed by atoms with E-state index >= 15 is 0 Å². The van der Waals surface area contributed by atoms with E-state index in [1.54, 1.807) is 0 Å². The Labute approximate surface area is 69.0 Å². The van der Waals surface area contributed by atoms with Crippen LogP contribution in [0.1, 0.15) is 25.7 Å². The Balaban J connectivity index is 1.70. The normalized spacial score (nSPS) is 34.1. The molecule has 1 aliphatic carbocycles. The van der Waals surface area contributed by atoms with Crippen molar-refractivity contribution in [3.8, 4) is 0 Å². The summed E-state index contributed by atoms with van der Waals surface area (Å²) in [5.74, 6) is 0. The van der Waals surface area contributed by atoms with Crippen LogP contribution in [-0.4, -0.2) is 37.1 Å². The van der Waals surface area contributed by atoms with Crippen LogP contribution in [-0.2, 0) is 0 Å². The molecule has 2 rings (SSSR count). The molecule has 1 aliphatic heterocycles. The predicted molar refractivity (Wildman–Crippen MR) is 46.7 cm³/mol. The van der Waals surface area contributed by atoms with Crippen molar-refractivity contribution in [1.82, 2.24) is 10.2 Å². The van der Waals surface area contributed by atoms with Crippen molar-refractivity contribution in [2.45, 2.75) is 37.8 Å². The second-order valence-corrected chi connectivity index (χ2v) is 4.04. The van der Waals surface area contributed by atoms with E-state index in [-0.39, 0.29) is 0 Å². The maximum Gasteiger partial charge on any atom is 0.0209 e. The number of nitrogens with zero attached hydrogens (tertiary/aromatic N) is 1. The van der Waals surface area contributed by atoms with Gasteiger partial charge < -0.3 is 10.2 Å². The lowest BCUT2D eigenvalue weighted by atomic mass is 9.92. The zero-order valence-electron chi connectivity index (χ0n) is 7.34. The van der Waals surface area contributed by atoms with Crippen LogP contribution >= 0.6 is 0 Å². The van der Waals surface area contributed by atoms with Gasteiger partial charge in [-0.05, 0) is 32.9 Å². The molecule has 1 saturated carbocycles. The van der Waals surface area contributed by atoms with E-state index in [1.807, 2.05) is 0 Å². The first-order valence-electron chi connectivity index (χ1n) is 4.79. The quantitative estimate of drug-likeness (QED) is 0.634. The van der Waals surface area contributed by atoms with E-state index in [1.165, 1.54) is 38.8 Å². The van der Waals surface area contributed by atoms with Gasteiger partial charge in [-0.2, -0.15) is 0 Å². The molecule has 2 nitrogen and oxygen atoms in total. The lowest BCUT2D eigenvalue weighted by molar-refractivity contribution is 0.299. The number of hydrogen-bond acceptors (Lipinski definition) is 2. The lowest BCUT2D eigenvalue weighted by Crippen LogP contribution is -2.43. The molecule has 2 aliphatic rings. The van der Waals surface area contributed by atoms with Crippen LogP contribution in [0.4, 0.5) is 0 Å². The van der Waals surface area contributed by atoms with Gasteiger partial charge in [0.25, 0.3) is 0 Å². The highest BCUT2D eigenvalue weighted by molar-refractivity contribution is 4.85. The average Bonchev–Trinajstić information content (AvgIpc) is 2.27. The maximum atomic E-state index is 3.70. The third-order valence-corrected chi connectivity index (χ3v) is 2.97. The summed E-state index contributed by atoms with van der Waals surface area (Å²) in [7, 11) is 2.21. The summed E-state index contributed by atoms with van der Waals surface area (Å²) in [5, 5.41) is 3.70. The molecular formula is C9H18N2. The minimum Gasteiger partial charge on any atom is -0.310 e. The van der Waals surface area contributed by atoms with Crippen LogP contribution in [0.25, 0.3) is 0 Å². The molecule has 1 atom stereocenters. The van der Waals surface area contributed by atoms with Crippen LogP contribution in [0.5, 0.6) is 0 Å². The SMILES string of the molecule is CN1CC[C@@H](NC2CCC2)C1. The van der Waals surface area contributed by atoms with E-state index in [4.69, 9.17) is 0 Å². The lowest BCUT2D eigenvalue weighted by Gasteiger charge is -2.29. The van der Waals surface area contributed by atoms with Gasteiger partial charge in [0.1, 0.15) is 0 Å². The predicted octanol–water partition coefficient (Wildman–Crippen LogP) is 0.833. The molecule has 0 aromatic carbocycles. The molecule has 0 bridgehead atoms. The highest BCUT2D eigenvalue weighted by Gasteiger charge is 2.24. The van der Waals surface area contributed by atoms with Crippen molar-refractivity contribution in [3.63, 3.8) is 0 Å². The van der Waals surface area contributed by atoms with E-state index < -0.39 is 0 Å². The van der Waals surface area contributed by atoms with Crippen LogP contribution in [0.3, 0.4) is 0 Å². The number of nitrogens with one attached hydrogen (secondary N) is 1. The van der Waals surface area contributed by atoms with Crippen molar-refractivity contribution in [1.29, 1.82) is 0 Å². The molecule has 11 heavy (non-hydrogen) atoms. The standard InChI is InChI=1S/C9H18N2/c1-11-6-5-9(7-11)10-8-3-2-4-8/h8-10H,2-7H2,1H3/t9-/m1/s1. The second-order valence-electron chi connectivity index (χ2n) is 4.04. The Morgan fingerprint density at radius 2 is 2.00 bits per heavy atom. The Hall–Kier alpha value is -0.0800. The number of likely N-dealkylation sites (tertiary alicyclic amines) is 1. The number of hydrogen-bond donors (Lipinski definition) is 1. The Kier molecular flexibility index (Phi) is 2.14. The summed E-state index contributed by atoms with van der Waals surface area (Å²) in [6.07, 6.45) is 5.63. The van der Waals surface area contributed by atoms with Crippen LogP contribution in [0.15, 0.2) is 0 Å². The van der Waals surface area contributed by atoms with Crippen molar-refractivity contribution in [3.05, 3.63) is 0 Å². The van der Waals surface area contributed by atoms with Gasteiger partial charge in [0.2, 0.25) is 0 Å². The summed E-state index contributed by atoms with van der Waals surface area (Å²) in [4.78, 5) is 2.41. The van der Waals surface area contributed by atoms with Crippen LogP contribution in [0, 0.1) is 0 Å². The first kappa shape index (κ1) is 7.56. The smallest absolute Gasteiger partial charge is 0.0209 e. The molecule has 0 amide bonds. The van der Waals surface area contributed by atoms with Gasteiger partial charge in [0.05, 0.1) is 0 Å². The Morgan fingerprint density at radius 3 is 2.45 bits per heavy atom. The molecule has 0 aromatic rings. The molecule has 1 saturated heterocycles. The van der Waals surface area contributed by atoms with Crippen molar-refractivity contribution >= 4 is 0 Å². The van der Waals surface area contributed by atoms with Crippen molar-refractivity contribution in [2.24, 2.45) is 0 Å². The van der Waals surface area contributed by atoms with E-state index in [9.17, 15) is 0 Å². The minimum absolute atomic E-state index is 0.797. The molecule has 0 spiro atoms. The molecule has 0 unspecified atom stereocenters. The van der Waals surface area contributed by atoms with E-state index in [2.05, 4.69) is 17.3 Å². The zero-order valence-corrected chi connectivity index (χ0v) is 7.34. The number of rotatable bonds is 2. The number of likely N-dealkylation sites (N-methyl/N-ethyl adjacent to an activating group) is 1. The van der Waals surface area contributed by atoms with E-state index in [0.29, 0.717) is 0 Å². The Bertz CT molecular complexity index is 132. The summed E-state index contributed by atoms with van der Waals surface area (Å²) < 4.78 is 0. The molecule has 0 aromatic heterocycles. The third-order valence-electron chi connectivity index (χ3n) is 2.97. The highest BCUT2D eigenvalue weighted by Crippen LogP contribution is 2.20. The van der Waals surface area contributed by atoms with Gasteiger partial charge >= 0.3 is 0 Å². The summed E-state index contributed by atoms with van der Waals surface area (Å²) in [6.45, 7) is 2.54. The van der Waals surface area contributed by atoms with Gasteiger partial charge in [0, 0.05) is 18.6 Å². The topological polar surface area (TPSA) is 15.3 Å². The fraction of sp³-hybridized carbons (Fsp3) is 1.00. The van der Waals surface area contributed by atoms with E-state index in [0.717, 1.165) is 12.1 Å². The van der Waals surface area contributed by atoms with Gasteiger partial charge in [0.15, 0.2) is 0 Å². The summed E-state index contributed by atoms with van der Waals surface area (Å²) in [5.41, 5.74) is 0. The molecule has 0 radical (unpaired) electrons. The third kappa shape index (κ3) is 1.74. The first-order valence-corrected chi connectivity index (χ1v) is 4.79. The van der Waals surface area contributed by atoms with Gasteiger partial charge in [-0.3, -0.25) is 0 Å². The van der Waals surface area contributed by atoms with Crippen LogP contribution in [0.2, 0.25) is 0 Å². The van der Waals surface area contributed by atoms with Crippen LogP contribution < -0.4 is 5.32 Å². The minimum atomic E-state index is 0.797. The molecule has 1 N–H and O–H groups in total. The highest BCUT2D eigenvalue weighted by atomic mass is 15.2. The summed E-state index contributed by atoms with van der Waals surface area (Å²) >= 11 is 0. The fourth-order valence-electron chi connectivity index (χ4n) is 1.98. The Morgan fingerprint density at radius 1 is 1.18 bits per heavy atom. The molecule has 64 valence electrons. The van der Waals surface area contributed by atoms with Crippen molar-refractivity contribution < 1.29 is 0 Å². The first-order chi connectivity index (χ1) is 5.34. The van der Waals surface area contributed by atoms with Crippen molar-refractivity contribution in [2.75, 3.05) is 20.1 Å². The largest absolute Gasteiger partial charge is 0.310 e. The van der Waals surface area contributed by atoms with Gasteiger partial charge in [-0.25, -0.2) is 0 Å². The molecule has 2 fully saturated rings. The molecular weight excluding hydrogens is 136 g/mol. The summed E-state index contributed by atoms with van der Waals surface area (Å²) in [6, 6.07) is 1.66. The average molecular weight is 154 g/mol.